The summed E-state index contributed by atoms with van der Waals surface area (Å²) < 4.78 is 0. The van der Waals surface area contributed by atoms with Gasteiger partial charge in [-0.2, -0.15) is 0 Å². The van der Waals surface area contributed by atoms with E-state index in [1.54, 1.807) is 30.6 Å². The van der Waals surface area contributed by atoms with Gasteiger partial charge in [0.1, 0.15) is 5.82 Å². The summed E-state index contributed by atoms with van der Waals surface area (Å²) in [7, 11) is 0. The maximum atomic E-state index is 13.0. The van der Waals surface area contributed by atoms with Crippen LogP contribution in [0.2, 0.25) is 5.02 Å². The van der Waals surface area contributed by atoms with Crippen LogP contribution in [0.15, 0.2) is 47.5 Å². The zero-order valence-corrected chi connectivity index (χ0v) is 14.0. The molecule has 0 amide bonds. The van der Waals surface area contributed by atoms with Crippen molar-refractivity contribution in [3.8, 4) is 11.1 Å². The summed E-state index contributed by atoms with van der Waals surface area (Å²) in [5.41, 5.74) is 1.93. The molecule has 1 aromatic carbocycles. The van der Waals surface area contributed by atoms with Crippen LogP contribution in [0.4, 0.5) is 5.82 Å². The van der Waals surface area contributed by atoms with E-state index < -0.39 is 0 Å². The van der Waals surface area contributed by atoms with Gasteiger partial charge in [-0.05, 0) is 44.5 Å². The minimum atomic E-state index is -0.190. The van der Waals surface area contributed by atoms with Crippen LogP contribution in [0.5, 0.6) is 0 Å². The van der Waals surface area contributed by atoms with E-state index in [1.807, 2.05) is 32.9 Å². The monoisotopic (exact) mass is 327 g/mol. The predicted octanol–water partition coefficient (Wildman–Crippen LogP) is 4.45. The summed E-state index contributed by atoms with van der Waals surface area (Å²) >= 11 is 5.93. The van der Waals surface area contributed by atoms with E-state index in [1.165, 1.54) is 0 Å². The standard InChI is InChI=1S/C18H18ClN3O/c1-18(2,3)22-17-15-14(8-9-20-17)21-10-13(16(15)23)11-4-6-12(19)7-5-11/h4-10H,1-3H3,(H,20,22)(H,21,23). The van der Waals surface area contributed by atoms with Crippen LogP contribution in [-0.4, -0.2) is 15.5 Å². The van der Waals surface area contributed by atoms with E-state index in [9.17, 15) is 4.79 Å². The number of H-pyrrole nitrogens is 1. The first-order valence-electron chi connectivity index (χ1n) is 7.40. The minimum Gasteiger partial charge on any atom is -0.365 e. The van der Waals surface area contributed by atoms with E-state index in [4.69, 9.17) is 11.6 Å². The zero-order valence-electron chi connectivity index (χ0n) is 13.3. The molecule has 0 aliphatic heterocycles. The Morgan fingerprint density at radius 2 is 1.83 bits per heavy atom. The van der Waals surface area contributed by atoms with Crippen LogP contribution in [-0.2, 0) is 0 Å². The molecule has 0 saturated carbocycles. The largest absolute Gasteiger partial charge is 0.365 e. The van der Waals surface area contributed by atoms with Gasteiger partial charge in [0.25, 0.3) is 0 Å². The number of fused-ring (bicyclic) bond motifs is 1. The second kappa shape index (κ2) is 5.70. The number of rotatable bonds is 2. The number of aromatic nitrogens is 2. The van der Waals surface area contributed by atoms with Crippen molar-refractivity contribution in [2.24, 2.45) is 0 Å². The molecule has 0 bridgehead atoms. The Labute approximate surface area is 139 Å². The fourth-order valence-electron chi connectivity index (χ4n) is 2.46. The zero-order chi connectivity index (χ0) is 16.6. The molecule has 0 saturated heterocycles. The van der Waals surface area contributed by atoms with Gasteiger partial charge >= 0.3 is 0 Å². The highest BCUT2D eigenvalue weighted by atomic mass is 35.5. The molecular weight excluding hydrogens is 310 g/mol. The van der Waals surface area contributed by atoms with Crippen molar-refractivity contribution in [1.29, 1.82) is 0 Å². The van der Waals surface area contributed by atoms with E-state index in [2.05, 4.69) is 15.3 Å². The molecule has 3 aromatic rings. The molecule has 118 valence electrons. The van der Waals surface area contributed by atoms with Crippen LogP contribution in [0.25, 0.3) is 22.0 Å². The van der Waals surface area contributed by atoms with Gasteiger partial charge in [-0.25, -0.2) is 4.98 Å². The van der Waals surface area contributed by atoms with Crippen LogP contribution < -0.4 is 10.7 Å². The normalized spacial score (nSPS) is 11.7. The van der Waals surface area contributed by atoms with E-state index in [0.29, 0.717) is 21.8 Å². The number of aromatic amines is 1. The number of nitrogens with zero attached hydrogens (tertiary/aromatic N) is 1. The van der Waals surface area contributed by atoms with Gasteiger partial charge in [-0.1, -0.05) is 23.7 Å². The molecule has 0 radical (unpaired) electrons. The first kappa shape index (κ1) is 15.6. The van der Waals surface area contributed by atoms with E-state index in [0.717, 1.165) is 11.1 Å². The summed E-state index contributed by atoms with van der Waals surface area (Å²) in [6, 6.07) is 9.03. The van der Waals surface area contributed by atoms with Crippen molar-refractivity contribution in [2.75, 3.05) is 5.32 Å². The fourth-order valence-corrected chi connectivity index (χ4v) is 2.58. The molecule has 0 fully saturated rings. The summed E-state index contributed by atoms with van der Waals surface area (Å²) in [6.45, 7) is 6.10. The molecule has 0 spiro atoms. The summed E-state index contributed by atoms with van der Waals surface area (Å²) in [5, 5.41) is 4.51. The Morgan fingerprint density at radius 3 is 2.48 bits per heavy atom. The third-order valence-corrected chi connectivity index (χ3v) is 3.70. The maximum Gasteiger partial charge on any atom is 0.200 e. The molecule has 3 rings (SSSR count). The van der Waals surface area contributed by atoms with E-state index >= 15 is 0 Å². The highest BCUT2D eigenvalue weighted by Gasteiger charge is 2.16. The molecule has 2 N–H and O–H groups in total. The lowest BCUT2D eigenvalue weighted by atomic mass is 10.0. The van der Waals surface area contributed by atoms with Crippen molar-refractivity contribution < 1.29 is 0 Å². The Balaban J connectivity index is 2.23. The Kier molecular flexibility index (Phi) is 3.86. The second-order valence-electron chi connectivity index (χ2n) is 6.50. The number of halogens is 1. The number of pyridine rings is 2. The maximum absolute atomic E-state index is 13.0. The highest BCUT2D eigenvalue weighted by molar-refractivity contribution is 6.30. The molecule has 0 aliphatic rings. The summed E-state index contributed by atoms with van der Waals surface area (Å²) in [6.07, 6.45) is 3.42. The molecule has 4 nitrogen and oxygen atoms in total. The Hall–Kier alpha value is -2.33. The second-order valence-corrected chi connectivity index (χ2v) is 6.93. The van der Waals surface area contributed by atoms with Gasteiger partial charge in [0.2, 0.25) is 5.43 Å². The van der Waals surface area contributed by atoms with Gasteiger partial charge in [-0.15, -0.1) is 0 Å². The van der Waals surface area contributed by atoms with E-state index in [-0.39, 0.29) is 11.0 Å². The highest BCUT2D eigenvalue weighted by Crippen LogP contribution is 2.24. The minimum absolute atomic E-state index is 0.0547. The topological polar surface area (TPSA) is 57.8 Å². The first-order chi connectivity index (χ1) is 10.8. The van der Waals surface area contributed by atoms with Crippen molar-refractivity contribution in [3.63, 3.8) is 0 Å². The van der Waals surface area contributed by atoms with Crippen LogP contribution in [0, 0.1) is 0 Å². The smallest absolute Gasteiger partial charge is 0.200 e. The number of anilines is 1. The van der Waals surface area contributed by atoms with Crippen LogP contribution in [0.1, 0.15) is 20.8 Å². The van der Waals surface area contributed by atoms with Crippen LogP contribution in [0.3, 0.4) is 0 Å². The Bertz CT molecular complexity index is 908. The fraction of sp³-hybridized carbons (Fsp3) is 0.222. The van der Waals surface area contributed by atoms with Crippen LogP contribution >= 0.6 is 11.6 Å². The molecule has 0 unspecified atom stereocenters. The predicted molar refractivity (Wildman–Crippen MR) is 96.2 cm³/mol. The van der Waals surface area contributed by atoms with Gasteiger partial charge in [0.15, 0.2) is 0 Å². The molecule has 2 heterocycles. The van der Waals surface area contributed by atoms with Crippen molar-refractivity contribution in [2.45, 2.75) is 26.3 Å². The number of benzene rings is 1. The van der Waals surface area contributed by atoms with Gasteiger partial charge in [-0.3, -0.25) is 4.79 Å². The molecule has 23 heavy (non-hydrogen) atoms. The lowest BCUT2D eigenvalue weighted by Gasteiger charge is -2.22. The van der Waals surface area contributed by atoms with Gasteiger partial charge in [0.05, 0.1) is 10.9 Å². The third-order valence-electron chi connectivity index (χ3n) is 3.44. The van der Waals surface area contributed by atoms with Crippen molar-refractivity contribution in [1.82, 2.24) is 9.97 Å². The average molecular weight is 328 g/mol. The molecule has 2 aromatic heterocycles. The average Bonchev–Trinajstić information content (AvgIpc) is 2.47. The van der Waals surface area contributed by atoms with Gasteiger partial charge < -0.3 is 10.3 Å². The number of hydrogen-bond acceptors (Lipinski definition) is 3. The Morgan fingerprint density at radius 1 is 1.13 bits per heavy atom. The summed E-state index contributed by atoms with van der Waals surface area (Å²) in [5.74, 6) is 0.590. The SMILES string of the molecule is CC(C)(C)Nc1nccc2[nH]cc(-c3ccc(Cl)cc3)c(=O)c12. The quantitative estimate of drug-likeness (QED) is 0.731. The lowest BCUT2D eigenvalue weighted by molar-refractivity contribution is 0.631. The first-order valence-corrected chi connectivity index (χ1v) is 7.77. The summed E-state index contributed by atoms with van der Waals surface area (Å²) in [4.78, 5) is 20.5. The van der Waals surface area contributed by atoms with Crippen molar-refractivity contribution in [3.05, 3.63) is 58.0 Å². The van der Waals surface area contributed by atoms with Gasteiger partial charge in [0, 0.05) is 28.5 Å². The molecular formula is C18H18ClN3O. The lowest BCUT2D eigenvalue weighted by Crippen LogP contribution is -2.27. The molecule has 0 atom stereocenters. The number of nitrogens with one attached hydrogen (secondary N) is 2. The number of hydrogen-bond donors (Lipinski definition) is 2. The molecule has 5 heteroatoms. The van der Waals surface area contributed by atoms with Crippen molar-refractivity contribution >= 4 is 28.3 Å². The molecule has 0 aliphatic carbocycles. The third kappa shape index (κ3) is 3.22.